The van der Waals surface area contributed by atoms with Crippen molar-refractivity contribution in [3.63, 3.8) is 0 Å². The zero-order chi connectivity index (χ0) is 10.4. The number of terminal acetylenes is 1. The quantitative estimate of drug-likeness (QED) is 0.535. The average Bonchev–Trinajstić information content (AvgIpc) is 2.27. The predicted octanol–water partition coefficient (Wildman–Crippen LogP) is 2.16. The lowest BCUT2D eigenvalue weighted by Gasteiger charge is -2.23. The molecule has 0 heterocycles. The summed E-state index contributed by atoms with van der Waals surface area (Å²) in [5, 5.41) is 0. The Morgan fingerprint density at radius 3 is 2.50 bits per heavy atom. The van der Waals surface area contributed by atoms with E-state index in [-0.39, 0.29) is 6.79 Å². The van der Waals surface area contributed by atoms with Gasteiger partial charge in [-0.05, 0) is 12.5 Å². The van der Waals surface area contributed by atoms with Gasteiger partial charge < -0.3 is 9.47 Å². The smallest absolute Gasteiger partial charge is 0.153 e. The second-order valence-corrected chi connectivity index (χ2v) is 3.09. The van der Waals surface area contributed by atoms with E-state index in [1.807, 2.05) is 37.3 Å². The van der Waals surface area contributed by atoms with Crippen LogP contribution in [0, 0.1) is 12.3 Å². The van der Waals surface area contributed by atoms with Crippen molar-refractivity contribution in [3.8, 4) is 12.3 Å². The van der Waals surface area contributed by atoms with Gasteiger partial charge in [0, 0.05) is 7.11 Å². The maximum atomic E-state index is 5.46. The first-order chi connectivity index (χ1) is 6.73. The molecule has 0 aliphatic heterocycles. The van der Waals surface area contributed by atoms with Crippen molar-refractivity contribution < 1.29 is 9.47 Å². The summed E-state index contributed by atoms with van der Waals surface area (Å²) in [6.45, 7) is 2.04. The first kappa shape index (κ1) is 10.8. The summed E-state index contributed by atoms with van der Waals surface area (Å²) in [4.78, 5) is 0. The minimum absolute atomic E-state index is 0.190. The molecule has 1 aromatic rings. The summed E-state index contributed by atoms with van der Waals surface area (Å²) in [5.74, 6) is 2.63. The molecule has 0 amide bonds. The van der Waals surface area contributed by atoms with Crippen LogP contribution in [0.15, 0.2) is 30.3 Å². The van der Waals surface area contributed by atoms with Crippen LogP contribution in [0.25, 0.3) is 0 Å². The van der Waals surface area contributed by atoms with E-state index in [0.717, 1.165) is 5.56 Å². The number of hydrogen-bond donors (Lipinski definition) is 0. The van der Waals surface area contributed by atoms with Crippen LogP contribution < -0.4 is 0 Å². The van der Waals surface area contributed by atoms with E-state index in [2.05, 4.69) is 5.92 Å². The van der Waals surface area contributed by atoms with Crippen LogP contribution in [0.2, 0.25) is 0 Å². The second kappa shape index (κ2) is 4.80. The van der Waals surface area contributed by atoms with Gasteiger partial charge in [0.2, 0.25) is 0 Å². The molecule has 0 fully saturated rings. The predicted molar refractivity (Wildman–Crippen MR) is 55.6 cm³/mol. The van der Waals surface area contributed by atoms with Crippen LogP contribution in [0.4, 0.5) is 0 Å². The molecule has 0 aliphatic rings. The molecule has 0 bridgehead atoms. The Morgan fingerprint density at radius 2 is 2.00 bits per heavy atom. The number of rotatable bonds is 4. The molecule has 0 spiro atoms. The first-order valence-corrected chi connectivity index (χ1v) is 4.39. The van der Waals surface area contributed by atoms with Gasteiger partial charge in [-0.1, -0.05) is 36.3 Å². The van der Waals surface area contributed by atoms with Crippen LogP contribution in [0.3, 0.4) is 0 Å². The molecule has 0 aromatic heterocycles. The van der Waals surface area contributed by atoms with E-state index in [1.54, 1.807) is 7.11 Å². The summed E-state index contributed by atoms with van der Waals surface area (Å²) in [5.41, 5.74) is 0.247. The molecule has 0 aliphatic carbocycles. The molecule has 74 valence electrons. The van der Waals surface area contributed by atoms with Gasteiger partial charge in [0.15, 0.2) is 5.60 Å². The Bertz CT molecular complexity index is 313. The van der Waals surface area contributed by atoms with E-state index in [4.69, 9.17) is 15.9 Å². The topological polar surface area (TPSA) is 18.5 Å². The summed E-state index contributed by atoms with van der Waals surface area (Å²) in [7, 11) is 1.57. The maximum Gasteiger partial charge on any atom is 0.153 e. The van der Waals surface area contributed by atoms with Crippen LogP contribution in [0.5, 0.6) is 0 Å². The molecule has 1 aromatic carbocycles. The molecule has 14 heavy (non-hydrogen) atoms. The fourth-order valence-electron chi connectivity index (χ4n) is 1.14. The molecular weight excluding hydrogens is 176 g/mol. The average molecular weight is 190 g/mol. The Morgan fingerprint density at radius 1 is 1.36 bits per heavy atom. The first-order valence-electron chi connectivity index (χ1n) is 4.39. The molecule has 0 N–H and O–H groups in total. The Kier molecular flexibility index (Phi) is 3.70. The van der Waals surface area contributed by atoms with Crippen molar-refractivity contribution >= 4 is 0 Å². The zero-order valence-corrected chi connectivity index (χ0v) is 8.49. The summed E-state index contributed by atoms with van der Waals surface area (Å²) in [6, 6.07) is 9.68. The highest BCUT2D eigenvalue weighted by Gasteiger charge is 2.24. The third-order valence-corrected chi connectivity index (χ3v) is 2.07. The number of ether oxygens (including phenoxy) is 2. The van der Waals surface area contributed by atoms with E-state index in [9.17, 15) is 0 Å². The van der Waals surface area contributed by atoms with Gasteiger partial charge in [-0.2, -0.15) is 0 Å². The number of benzene rings is 1. The minimum atomic E-state index is -0.711. The highest BCUT2D eigenvalue weighted by atomic mass is 16.7. The van der Waals surface area contributed by atoms with Crippen LogP contribution in [-0.2, 0) is 15.1 Å². The summed E-state index contributed by atoms with van der Waals surface area (Å²) >= 11 is 0. The van der Waals surface area contributed by atoms with Crippen molar-refractivity contribution in [2.45, 2.75) is 12.5 Å². The maximum absolute atomic E-state index is 5.46. The van der Waals surface area contributed by atoms with Crippen LogP contribution in [-0.4, -0.2) is 13.9 Å². The van der Waals surface area contributed by atoms with Crippen molar-refractivity contribution in [1.82, 2.24) is 0 Å². The Balaban J connectivity index is 2.86. The molecule has 0 saturated heterocycles. The van der Waals surface area contributed by atoms with Gasteiger partial charge in [0.05, 0.1) is 0 Å². The van der Waals surface area contributed by atoms with Gasteiger partial charge in [-0.3, -0.25) is 0 Å². The van der Waals surface area contributed by atoms with Gasteiger partial charge >= 0.3 is 0 Å². The van der Waals surface area contributed by atoms with E-state index >= 15 is 0 Å². The minimum Gasteiger partial charge on any atom is -0.359 e. The van der Waals surface area contributed by atoms with Gasteiger partial charge in [0.1, 0.15) is 6.79 Å². The number of hydrogen-bond acceptors (Lipinski definition) is 2. The standard InChI is InChI=1S/C12H14O2/c1-4-12(2,14-10-13-3)11-8-6-5-7-9-11/h1,5-9H,10H2,2-3H3/t12-/m0/s1. The SMILES string of the molecule is C#C[C@](C)(OCOC)c1ccccc1. The van der Waals surface area contributed by atoms with Crippen molar-refractivity contribution in [3.05, 3.63) is 35.9 Å². The molecular formula is C12H14O2. The normalized spacial score (nSPS) is 14.4. The van der Waals surface area contributed by atoms with Gasteiger partial charge in [0.25, 0.3) is 0 Å². The third-order valence-electron chi connectivity index (χ3n) is 2.07. The third kappa shape index (κ3) is 2.35. The highest BCUT2D eigenvalue weighted by molar-refractivity contribution is 5.29. The fraction of sp³-hybridized carbons (Fsp3) is 0.333. The highest BCUT2D eigenvalue weighted by Crippen LogP contribution is 2.23. The van der Waals surface area contributed by atoms with Gasteiger partial charge in [-0.15, -0.1) is 6.42 Å². The monoisotopic (exact) mass is 190 g/mol. The lowest BCUT2D eigenvalue weighted by molar-refractivity contribution is -0.0989. The second-order valence-electron chi connectivity index (χ2n) is 3.09. The molecule has 1 atom stereocenters. The molecule has 2 nitrogen and oxygen atoms in total. The molecule has 0 saturated carbocycles. The number of methoxy groups -OCH3 is 1. The van der Waals surface area contributed by atoms with Crippen LogP contribution in [0.1, 0.15) is 12.5 Å². The molecule has 0 radical (unpaired) electrons. The zero-order valence-electron chi connectivity index (χ0n) is 8.49. The molecule has 2 heteroatoms. The largest absolute Gasteiger partial charge is 0.359 e. The van der Waals surface area contributed by atoms with Crippen molar-refractivity contribution in [1.29, 1.82) is 0 Å². The van der Waals surface area contributed by atoms with Crippen LogP contribution >= 0.6 is 0 Å². The fourth-order valence-corrected chi connectivity index (χ4v) is 1.14. The molecule has 0 unspecified atom stereocenters. The van der Waals surface area contributed by atoms with Crippen molar-refractivity contribution in [2.75, 3.05) is 13.9 Å². The van der Waals surface area contributed by atoms with Gasteiger partial charge in [-0.25, -0.2) is 0 Å². The Labute approximate surface area is 84.8 Å². The molecule has 1 rings (SSSR count). The summed E-state index contributed by atoms with van der Waals surface area (Å²) in [6.07, 6.45) is 5.45. The van der Waals surface area contributed by atoms with E-state index in [1.165, 1.54) is 0 Å². The lowest BCUT2D eigenvalue weighted by atomic mass is 9.97. The lowest BCUT2D eigenvalue weighted by Crippen LogP contribution is -2.24. The van der Waals surface area contributed by atoms with E-state index in [0.29, 0.717) is 0 Å². The Hall–Kier alpha value is -1.30. The van der Waals surface area contributed by atoms with Crippen molar-refractivity contribution in [2.24, 2.45) is 0 Å². The summed E-state index contributed by atoms with van der Waals surface area (Å²) < 4.78 is 10.3. The van der Waals surface area contributed by atoms with E-state index < -0.39 is 5.60 Å².